The van der Waals surface area contributed by atoms with Gasteiger partial charge in [0, 0.05) is 6.20 Å². The predicted molar refractivity (Wildman–Crippen MR) is 40.9 cm³/mol. The van der Waals surface area contributed by atoms with Crippen molar-refractivity contribution in [2.45, 2.75) is 20.5 Å². The normalized spacial score (nSPS) is 9.64. The Morgan fingerprint density at radius 1 is 1.73 bits per heavy atom. The first-order valence-electron chi connectivity index (χ1n) is 3.41. The van der Waals surface area contributed by atoms with Crippen LogP contribution in [-0.2, 0) is 11.5 Å². The number of nitrogens with one attached hydrogen (secondary N) is 1. The highest BCUT2D eigenvalue weighted by atomic mass is 16.1. The maximum absolute atomic E-state index is 9.92. The van der Waals surface area contributed by atoms with Crippen molar-refractivity contribution in [3.63, 3.8) is 0 Å². The summed E-state index contributed by atoms with van der Waals surface area (Å²) in [4.78, 5) is 9.92. The van der Waals surface area contributed by atoms with Crippen molar-refractivity contribution in [1.82, 2.24) is 15.1 Å². The van der Waals surface area contributed by atoms with E-state index in [1.54, 1.807) is 4.68 Å². The zero-order chi connectivity index (χ0) is 8.27. The van der Waals surface area contributed by atoms with Gasteiger partial charge in [0.1, 0.15) is 6.67 Å². The summed E-state index contributed by atoms with van der Waals surface area (Å²) < 4.78 is 1.69. The van der Waals surface area contributed by atoms with Crippen LogP contribution in [0, 0.1) is 13.8 Å². The van der Waals surface area contributed by atoms with Gasteiger partial charge in [0.05, 0.1) is 5.69 Å². The lowest BCUT2D eigenvalue weighted by Crippen LogP contribution is -2.16. The SMILES string of the molecule is Cc1cn(CNC=O)nc1C. The van der Waals surface area contributed by atoms with Gasteiger partial charge in [-0.1, -0.05) is 0 Å². The summed E-state index contributed by atoms with van der Waals surface area (Å²) in [6.45, 7) is 4.37. The number of amides is 1. The molecule has 1 aromatic rings. The van der Waals surface area contributed by atoms with E-state index in [2.05, 4.69) is 10.4 Å². The topological polar surface area (TPSA) is 46.9 Å². The molecule has 0 bridgehead atoms. The molecule has 4 heteroatoms. The fourth-order valence-corrected chi connectivity index (χ4v) is 0.829. The van der Waals surface area contributed by atoms with Crippen LogP contribution in [0.1, 0.15) is 11.3 Å². The Morgan fingerprint density at radius 2 is 2.45 bits per heavy atom. The molecule has 0 aliphatic heterocycles. The first-order chi connectivity index (χ1) is 5.24. The minimum Gasteiger partial charge on any atom is -0.339 e. The zero-order valence-corrected chi connectivity index (χ0v) is 6.66. The Bertz CT molecular complexity index is 235. The van der Waals surface area contributed by atoms with Gasteiger partial charge in [-0.05, 0) is 19.4 Å². The van der Waals surface area contributed by atoms with Crippen molar-refractivity contribution in [2.24, 2.45) is 0 Å². The van der Waals surface area contributed by atoms with Crippen LogP contribution >= 0.6 is 0 Å². The molecule has 0 unspecified atom stereocenters. The van der Waals surface area contributed by atoms with Crippen molar-refractivity contribution in [2.75, 3.05) is 0 Å². The first-order valence-corrected chi connectivity index (χ1v) is 3.41. The lowest BCUT2D eigenvalue weighted by molar-refractivity contribution is -0.110. The quantitative estimate of drug-likeness (QED) is 0.631. The Morgan fingerprint density at radius 3 is 2.91 bits per heavy atom. The van der Waals surface area contributed by atoms with Gasteiger partial charge in [-0.25, -0.2) is 0 Å². The Kier molecular flexibility index (Phi) is 2.25. The standard InChI is InChI=1S/C7H11N3O/c1-6-3-10(4-8-5-11)9-7(6)2/h3,5H,4H2,1-2H3,(H,8,11). The molecule has 0 aromatic carbocycles. The third-order valence-electron chi connectivity index (χ3n) is 1.53. The van der Waals surface area contributed by atoms with Crippen LogP contribution in [0.25, 0.3) is 0 Å². The second-order valence-electron chi connectivity index (χ2n) is 2.42. The molecule has 1 amide bonds. The predicted octanol–water partition coefficient (Wildman–Crippen LogP) is 0.203. The number of carbonyl (C=O) groups is 1. The minimum absolute atomic E-state index is 0.443. The Balaban J connectivity index is 2.64. The van der Waals surface area contributed by atoms with E-state index in [9.17, 15) is 4.79 Å². The molecular weight excluding hydrogens is 142 g/mol. The second-order valence-corrected chi connectivity index (χ2v) is 2.42. The van der Waals surface area contributed by atoms with Crippen molar-refractivity contribution < 1.29 is 4.79 Å². The van der Waals surface area contributed by atoms with Gasteiger partial charge in [0.2, 0.25) is 6.41 Å². The first kappa shape index (κ1) is 7.78. The van der Waals surface area contributed by atoms with Crippen molar-refractivity contribution in [3.05, 3.63) is 17.5 Å². The molecule has 0 aliphatic carbocycles. The molecule has 1 N–H and O–H groups in total. The maximum Gasteiger partial charge on any atom is 0.208 e. The summed E-state index contributed by atoms with van der Waals surface area (Å²) in [5.41, 5.74) is 2.13. The van der Waals surface area contributed by atoms with E-state index in [-0.39, 0.29) is 0 Å². The molecule has 0 fully saturated rings. The lowest BCUT2D eigenvalue weighted by Gasteiger charge is -1.96. The van der Waals surface area contributed by atoms with E-state index in [0.29, 0.717) is 13.1 Å². The van der Waals surface area contributed by atoms with Crippen molar-refractivity contribution in [3.8, 4) is 0 Å². The summed E-state index contributed by atoms with van der Waals surface area (Å²) in [7, 11) is 0. The average Bonchev–Trinajstić information content (AvgIpc) is 2.28. The average molecular weight is 153 g/mol. The van der Waals surface area contributed by atoms with E-state index < -0.39 is 0 Å². The third kappa shape index (κ3) is 1.80. The van der Waals surface area contributed by atoms with Crippen molar-refractivity contribution in [1.29, 1.82) is 0 Å². The van der Waals surface area contributed by atoms with Gasteiger partial charge in [-0.15, -0.1) is 0 Å². The number of aromatic nitrogens is 2. The molecule has 0 saturated heterocycles. The van der Waals surface area contributed by atoms with Crippen LogP contribution in [0.2, 0.25) is 0 Å². The summed E-state index contributed by atoms with van der Waals surface area (Å²) in [5, 5.41) is 6.67. The number of carbonyl (C=O) groups excluding carboxylic acids is 1. The summed E-state index contributed by atoms with van der Waals surface area (Å²) >= 11 is 0. The van der Waals surface area contributed by atoms with Gasteiger partial charge in [-0.3, -0.25) is 9.48 Å². The Hall–Kier alpha value is -1.32. The van der Waals surface area contributed by atoms with Gasteiger partial charge in [0.15, 0.2) is 0 Å². The monoisotopic (exact) mass is 153 g/mol. The van der Waals surface area contributed by atoms with Gasteiger partial charge in [-0.2, -0.15) is 5.10 Å². The molecule has 1 rings (SSSR count). The lowest BCUT2D eigenvalue weighted by atomic mass is 10.3. The highest BCUT2D eigenvalue weighted by Crippen LogP contribution is 2.01. The van der Waals surface area contributed by atoms with E-state index in [1.807, 2.05) is 20.0 Å². The number of hydrogen-bond donors (Lipinski definition) is 1. The van der Waals surface area contributed by atoms with Gasteiger partial charge >= 0.3 is 0 Å². The van der Waals surface area contributed by atoms with Gasteiger partial charge in [0.25, 0.3) is 0 Å². The van der Waals surface area contributed by atoms with E-state index in [1.165, 1.54) is 0 Å². The largest absolute Gasteiger partial charge is 0.339 e. The zero-order valence-electron chi connectivity index (χ0n) is 6.66. The van der Waals surface area contributed by atoms with Crippen molar-refractivity contribution >= 4 is 6.41 Å². The fourth-order valence-electron chi connectivity index (χ4n) is 0.829. The molecule has 1 heterocycles. The van der Waals surface area contributed by atoms with Crippen LogP contribution in [0.5, 0.6) is 0 Å². The summed E-state index contributed by atoms with van der Waals surface area (Å²) in [6, 6.07) is 0. The molecule has 0 spiro atoms. The van der Waals surface area contributed by atoms with E-state index in [4.69, 9.17) is 0 Å². The number of rotatable bonds is 3. The maximum atomic E-state index is 9.92. The summed E-state index contributed by atoms with van der Waals surface area (Å²) in [6.07, 6.45) is 2.55. The molecular formula is C7H11N3O. The number of aryl methyl sites for hydroxylation is 2. The smallest absolute Gasteiger partial charge is 0.208 e. The third-order valence-corrected chi connectivity index (χ3v) is 1.53. The van der Waals surface area contributed by atoms with Gasteiger partial charge < -0.3 is 5.32 Å². The molecule has 0 radical (unpaired) electrons. The number of hydrogen-bond acceptors (Lipinski definition) is 2. The molecule has 4 nitrogen and oxygen atoms in total. The minimum atomic E-state index is 0.443. The molecule has 0 atom stereocenters. The summed E-state index contributed by atoms with van der Waals surface area (Å²) in [5.74, 6) is 0. The number of nitrogens with zero attached hydrogens (tertiary/aromatic N) is 2. The Labute approximate surface area is 65.2 Å². The molecule has 1 aromatic heterocycles. The van der Waals surface area contributed by atoms with Crippen LogP contribution in [0.15, 0.2) is 6.20 Å². The highest BCUT2D eigenvalue weighted by Gasteiger charge is 1.97. The second kappa shape index (κ2) is 3.18. The molecule has 11 heavy (non-hydrogen) atoms. The van der Waals surface area contributed by atoms with Crippen LogP contribution < -0.4 is 5.32 Å². The van der Waals surface area contributed by atoms with Crippen LogP contribution in [0.3, 0.4) is 0 Å². The van der Waals surface area contributed by atoms with E-state index >= 15 is 0 Å². The molecule has 0 saturated carbocycles. The van der Waals surface area contributed by atoms with Crippen LogP contribution in [0.4, 0.5) is 0 Å². The van der Waals surface area contributed by atoms with Crippen LogP contribution in [-0.4, -0.2) is 16.2 Å². The molecule has 0 aliphatic rings. The highest BCUT2D eigenvalue weighted by molar-refractivity contribution is 5.45. The molecule has 60 valence electrons. The van der Waals surface area contributed by atoms with E-state index in [0.717, 1.165) is 11.3 Å². The fraction of sp³-hybridized carbons (Fsp3) is 0.429.